The number of hydrogen-bond donors (Lipinski definition) is 2. The van der Waals surface area contributed by atoms with Gasteiger partial charge in [-0.05, 0) is 30.3 Å². The molecular weight excluding hydrogens is 391 g/mol. The topological polar surface area (TPSA) is 102 Å². The normalized spacial score (nSPS) is 13.6. The standard InChI is InChI=1S/C18H16F3N5O3/c1-26-10-9-22-15(26)17(28,18(19,20)21)11-14(27)25-12-3-5-13(6-4-12)29-16-23-7-2-8-24-16/h2-10,28H,11H2,1H3,(H,25,27)/t17-/m1/s1. The maximum Gasteiger partial charge on any atom is 0.425 e. The number of imidazole rings is 1. The molecule has 0 unspecified atom stereocenters. The molecule has 2 aromatic heterocycles. The van der Waals surface area contributed by atoms with E-state index in [1.165, 1.54) is 49.9 Å². The van der Waals surface area contributed by atoms with Crippen molar-refractivity contribution in [3.05, 3.63) is 60.9 Å². The van der Waals surface area contributed by atoms with Crippen molar-refractivity contribution in [1.82, 2.24) is 19.5 Å². The maximum absolute atomic E-state index is 13.5. The molecular formula is C18H16F3N5O3. The quantitative estimate of drug-likeness (QED) is 0.652. The number of carbonyl (C=O) groups excluding carboxylic acids is 1. The SMILES string of the molecule is Cn1ccnc1[C@](O)(CC(=O)Nc1ccc(Oc2ncccn2)cc1)C(F)(F)F. The van der Waals surface area contributed by atoms with Crippen molar-refractivity contribution in [2.45, 2.75) is 18.2 Å². The Kier molecular flexibility index (Phi) is 5.50. The van der Waals surface area contributed by atoms with Crippen LogP contribution in [0.3, 0.4) is 0 Å². The second-order valence-electron chi connectivity index (χ2n) is 6.10. The summed E-state index contributed by atoms with van der Waals surface area (Å²) in [7, 11) is 1.30. The van der Waals surface area contributed by atoms with Gasteiger partial charge in [-0.15, -0.1) is 0 Å². The smallest absolute Gasteiger partial charge is 0.424 e. The number of amides is 1. The number of ether oxygens (including phenoxy) is 1. The molecule has 2 N–H and O–H groups in total. The zero-order valence-corrected chi connectivity index (χ0v) is 15.1. The van der Waals surface area contributed by atoms with E-state index in [2.05, 4.69) is 20.3 Å². The predicted octanol–water partition coefficient (Wildman–Crippen LogP) is 2.78. The van der Waals surface area contributed by atoms with Gasteiger partial charge in [-0.1, -0.05) is 0 Å². The highest BCUT2D eigenvalue weighted by atomic mass is 19.4. The molecule has 0 saturated heterocycles. The molecule has 8 nitrogen and oxygen atoms in total. The molecule has 152 valence electrons. The fraction of sp³-hybridized carbons (Fsp3) is 0.222. The van der Waals surface area contributed by atoms with E-state index in [0.29, 0.717) is 5.75 Å². The van der Waals surface area contributed by atoms with Gasteiger partial charge in [-0.2, -0.15) is 13.2 Å². The van der Waals surface area contributed by atoms with E-state index < -0.39 is 29.9 Å². The van der Waals surface area contributed by atoms with E-state index >= 15 is 0 Å². The van der Waals surface area contributed by atoms with Crippen LogP contribution in [0.4, 0.5) is 18.9 Å². The summed E-state index contributed by atoms with van der Waals surface area (Å²) in [6, 6.07) is 7.59. The van der Waals surface area contributed by atoms with Gasteiger partial charge in [0.1, 0.15) is 5.75 Å². The number of rotatable bonds is 6. The predicted molar refractivity (Wildman–Crippen MR) is 95.0 cm³/mol. The van der Waals surface area contributed by atoms with Gasteiger partial charge < -0.3 is 19.7 Å². The summed E-state index contributed by atoms with van der Waals surface area (Å²) in [6.45, 7) is 0. The molecule has 0 aliphatic heterocycles. The largest absolute Gasteiger partial charge is 0.425 e. The molecule has 0 radical (unpaired) electrons. The summed E-state index contributed by atoms with van der Waals surface area (Å²) >= 11 is 0. The number of aromatic nitrogens is 4. The fourth-order valence-corrected chi connectivity index (χ4v) is 2.56. The third-order valence-electron chi connectivity index (χ3n) is 3.97. The Hall–Kier alpha value is -3.47. The Morgan fingerprint density at radius 1 is 1.14 bits per heavy atom. The molecule has 0 spiro atoms. The zero-order chi connectivity index (χ0) is 21.1. The van der Waals surface area contributed by atoms with Crippen LogP contribution >= 0.6 is 0 Å². The van der Waals surface area contributed by atoms with Gasteiger partial charge in [0.25, 0.3) is 0 Å². The molecule has 11 heteroatoms. The summed E-state index contributed by atoms with van der Waals surface area (Å²) in [6.07, 6.45) is -0.993. The number of halogens is 3. The van der Waals surface area contributed by atoms with Gasteiger partial charge in [0.15, 0.2) is 5.82 Å². The lowest BCUT2D eigenvalue weighted by Crippen LogP contribution is -2.46. The summed E-state index contributed by atoms with van der Waals surface area (Å²) in [5.41, 5.74) is -3.20. The molecule has 0 saturated carbocycles. The number of hydrogen-bond acceptors (Lipinski definition) is 6. The van der Waals surface area contributed by atoms with Gasteiger partial charge in [0, 0.05) is 37.5 Å². The van der Waals surface area contributed by atoms with Crippen molar-refractivity contribution in [2.24, 2.45) is 7.05 Å². The van der Waals surface area contributed by atoms with E-state index in [-0.39, 0.29) is 11.7 Å². The highest BCUT2D eigenvalue weighted by Crippen LogP contribution is 2.40. The second kappa shape index (κ2) is 7.87. The van der Waals surface area contributed by atoms with Gasteiger partial charge in [0.2, 0.25) is 11.5 Å². The van der Waals surface area contributed by atoms with Crippen LogP contribution in [0.25, 0.3) is 0 Å². The fourth-order valence-electron chi connectivity index (χ4n) is 2.56. The molecule has 0 bridgehead atoms. The molecule has 0 aliphatic carbocycles. The van der Waals surface area contributed by atoms with Crippen molar-refractivity contribution < 1.29 is 27.8 Å². The van der Waals surface area contributed by atoms with Gasteiger partial charge >= 0.3 is 12.2 Å². The van der Waals surface area contributed by atoms with E-state index in [0.717, 1.165) is 10.8 Å². The van der Waals surface area contributed by atoms with Crippen molar-refractivity contribution in [3.8, 4) is 11.8 Å². The first-order chi connectivity index (χ1) is 13.7. The van der Waals surface area contributed by atoms with Gasteiger partial charge in [-0.25, -0.2) is 15.0 Å². The number of anilines is 1. The number of nitrogens with one attached hydrogen (secondary N) is 1. The number of benzene rings is 1. The Balaban J connectivity index is 1.70. The van der Waals surface area contributed by atoms with E-state index in [1.54, 1.807) is 6.07 Å². The molecule has 3 aromatic rings. The molecule has 29 heavy (non-hydrogen) atoms. The average molecular weight is 407 g/mol. The molecule has 1 atom stereocenters. The van der Waals surface area contributed by atoms with E-state index in [9.17, 15) is 23.1 Å². The minimum absolute atomic E-state index is 0.120. The van der Waals surface area contributed by atoms with Crippen LogP contribution in [0, 0.1) is 0 Å². The molecule has 2 heterocycles. The van der Waals surface area contributed by atoms with Crippen LogP contribution in [0.2, 0.25) is 0 Å². The monoisotopic (exact) mass is 407 g/mol. The molecule has 0 aliphatic rings. The number of carbonyl (C=O) groups is 1. The Morgan fingerprint density at radius 3 is 2.34 bits per heavy atom. The lowest BCUT2D eigenvalue weighted by Gasteiger charge is -2.29. The van der Waals surface area contributed by atoms with Gasteiger partial charge in [-0.3, -0.25) is 4.79 Å². The number of nitrogens with zero attached hydrogens (tertiary/aromatic N) is 4. The zero-order valence-electron chi connectivity index (χ0n) is 15.1. The molecule has 0 fully saturated rings. The first kappa shape index (κ1) is 20.3. The van der Waals surface area contributed by atoms with Crippen LogP contribution < -0.4 is 10.1 Å². The second-order valence-corrected chi connectivity index (χ2v) is 6.10. The third kappa shape index (κ3) is 4.51. The lowest BCUT2D eigenvalue weighted by molar-refractivity contribution is -0.270. The molecule has 3 rings (SSSR count). The highest BCUT2D eigenvalue weighted by molar-refractivity contribution is 5.91. The summed E-state index contributed by atoms with van der Waals surface area (Å²) < 4.78 is 46.9. The Bertz CT molecular complexity index is 976. The molecule has 1 amide bonds. The van der Waals surface area contributed by atoms with Crippen LogP contribution in [0.15, 0.2) is 55.1 Å². The van der Waals surface area contributed by atoms with Crippen LogP contribution in [0.1, 0.15) is 12.2 Å². The number of aliphatic hydroxyl groups is 1. The first-order valence-corrected chi connectivity index (χ1v) is 8.31. The number of alkyl halides is 3. The van der Waals surface area contributed by atoms with Crippen LogP contribution in [-0.2, 0) is 17.4 Å². The van der Waals surface area contributed by atoms with Crippen molar-refractivity contribution >= 4 is 11.6 Å². The maximum atomic E-state index is 13.5. The third-order valence-corrected chi connectivity index (χ3v) is 3.97. The van der Waals surface area contributed by atoms with Gasteiger partial charge in [0.05, 0.1) is 6.42 Å². The van der Waals surface area contributed by atoms with Crippen molar-refractivity contribution in [1.29, 1.82) is 0 Å². The Labute approximate surface area is 163 Å². The van der Waals surface area contributed by atoms with E-state index in [1.807, 2.05) is 0 Å². The average Bonchev–Trinajstić information content (AvgIpc) is 3.09. The van der Waals surface area contributed by atoms with Crippen LogP contribution in [0.5, 0.6) is 11.8 Å². The minimum atomic E-state index is -5.10. The summed E-state index contributed by atoms with van der Waals surface area (Å²) in [5.74, 6) is -1.34. The number of aryl methyl sites for hydroxylation is 1. The van der Waals surface area contributed by atoms with Crippen molar-refractivity contribution in [2.75, 3.05) is 5.32 Å². The minimum Gasteiger partial charge on any atom is -0.424 e. The highest BCUT2D eigenvalue weighted by Gasteiger charge is 2.58. The first-order valence-electron chi connectivity index (χ1n) is 8.31. The van der Waals surface area contributed by atoms with E-state index in [4.69, 9.17) is 4.74 Å². The lowest BCUT2D eigenvalue weighted by atomic mass is 9.97. The molecule has 1 aromatic carbocycles. The Morgan fingerprint density at radius 2 is 1.79 bits per heavy atom. The summed E-state index contributed by atoms with van der Waals surface area (Å²) in [5, 5.41) is 12.6. The van der Waals surface area contributed by atoms with Crippen LogP contribution in [-0.4, -0.2) is 36.7 Å². The summed E-state index contributed by atoms with van der Waals surface area (Å²) in [4.78, 5) is 23.5. The van der Waals surface area contributed by atoms with Crippen molar-refractivity contribution in [3.63, 3.8) is 0 Å².